The Morgan fingerprint density at radius 2 is 2.06 bits per heavy atom. The van der Waals surface area contributed by atoms with Crippen molar-refractivity contribution >= 4 is 22.5 Å². The molecular weight excluding hydrogens is 246 g/mol. The van der Waals surface area contributed by atoms with Crippen molar-refractivity contribution in [3.8, 4) is 11.3 Å². The number of fused-ring (bicyclic) bond motifs is 1. The molecule has 18 heavy (non-hydrogen) atoms. The third kappa shape index (κ3) is 1.97. The summed E-state index contributed by atoms with van der Waals surface area (Å²) in [4.78, 5) is 12.0. The number of hydrogen-bond acceptors (Lipinski definition) is 2. The number of para-hydroxylation sites is 1. The van der Waals surface area contributed by atoms with E-state index in [1.165, 1.54) is 5.39 Å². The standard InChI is InChI=1S/C14H12ClN3/c15-7-5-14-16-8-6-13(18-14)11-9-17-12-4-2-1-3-10(11)12/h1-4,6,8-9,17H,5,7H2. The summed E-state index contributed by atoms with van der Waals surface area (Å²) in [6.45, 7) is 0. The molecule has 0 aliphatic carbocycles. The Balaban J connectivity index is 2.11. The summed E-state index contributed by atoms with van der Waals surface area (Å²) in [5.41, 5.74) is 3.15. The topological polar surface area (TPSA) is 41.6 Å². The fourth-order valence-corrected chi connectivity index (χ4v) is 2.21. The zero-order chi connectivity index (χ0) is 12.4. The first kappa shape index (κ1) is 11.2. The lowest BCUT2D eigenvalue weighted by atomic mass is 10.1. The van der Waals surface area contributed by atoms with Crippen molar-refractivity contribution in [2.45, 2.75) is 6.42 Å². The quantitative estimate of drug-likeness (QED) is 0.731. The van der Waals surface area contributed by atoms with Crippen molar-refractivity contribution in [2.24, 2.45) is 0 Å². The highest BCUT2D eigenvalue weighted by atomic mass is 35.5. The molecule has 0 fully saturated rings. The summed E-state index contributed by atoms with van der Waals surface area (Å²) in [5.74, 6) is 1.32. The highest BCUT2D eigenvalue weighted by Gasteiger charge is 2.07. The molecule has 1 aromatic carbocycles. The van der Waals surface area contributed by atoms with Gasteiger partial charge in [-0.1, -0.05) is 18.2 Å². The molecule has 0 spiro atoms. The minimum absolute atomic E-state index is 0.539. The highest BCUT2D eigenvalue weighted by Crippen LogP contribution is 2.26. The van der Waals surface area contributed by atoms with Crippen molar-refractivity contribution in [1.82, 2.24) is 15.0 Å². The molecule has 3 aromatic rings. The maximum absolute atomic E-state index is 5.72. The average molecular weight is 258 g/mol. The maximum Gasteiger partial charge on any atom is 0.130 e. The van der Waals surface area contributed by atoms with Crippen molar-refractivity contribution in [3.05, 3.63) is 48.5 Å². The average Bonchev–Trinajstić information content (AvgIpc) is 2.83. The third-order valence-corrected chi connectivity index (χ3v) is 3.08. The first-order valence-corrected chi connectivity index (χ1v) is 6.36. The van der Waals surface area contributed by atoms with E-state index in [1.807, 2.05) is 24.4 Å². The molecule has 0 radical (unpaired) electrons. The van der Waals surface area contributed by atoms with Gasteiger partial charge in [-0.3, -0.25) is 0 Å². The molecule has 0 aliphatic heterocycles. The van der Waals surface area contributed by atoms with Gasteiger partial charge in [0.1, 0.15) is 5.82 Å². The molecule has 0 aliphatic rings. The Kier molecular flexibility index (Phi) is 2.99. The summed E-state index contributed by atoms with van der Waals surface area (Å²) in [6, 6.07) is 10.1. The molecule has 1 N–H and O–H groups in total. The van der Waals surface area contributed by atoms with Gasteiger partial charge in [0.2, 0.25) is 0 Å². The van der Waals surface area contributed by atoms with Gasteiger partial charge in [-0.15, -0.1) is 11.6 Å². The van der Waals surface area contributed by atoms with Crippen LogP contribution in [0.4, 0.5) is 0 Å². The number of aryl methyl sites for hydroxylation is 1. The van der Waals surface area contributed by atoms with Crippen molar-refractivity contribution < 1.29 is 0 Å². The number of aromatic nitrogens is 3. The van der Waals surface area contributed by atoms with E-state index in [-0.39, 0.29) is 0 Å². The number of rotatable bonds is 3. The Morgan fingerprint density at radius 3 is 2.94 bits per heavy atom. The van der Waals surface area contributed by atoms with Gasteiger partial charge in [0.05, 0.1) is 5.69 Å². The van der Waals surface area contributed by atoms with Crippen LogP contribution in [0.15, 0.2) is 42.7 Å². The molecule has 0 unspecified atom stereocenters. The molecular formula is C14H12ClN3. The van der Waals surface area contributed by atoms with E-state index >= 15 is 0 Å². The Labute approximate surface area is 110 Å². The Morgan fingerprint density at radius 1 is 1.17 bits per heavy atom. The molecule has 0 bridgehead atoms. The van der Waals surface area contributed by atoms with Gasteiger partial charge in [0.25, 0.3) is 0 Å². The van der Waals surface area contributed by atoms with E-state index in [0.717, 1.165) is 22.6 Å². The number of hydrogen-bond donors (Lipinski definition) is 1. The van der Waals surface area contributed by atoms with Crippen LogP contribution >= 0.6 is 11.6 Å². The lowest BCUT2D eigenvalue weighted by Crippen LogP contribution is -1.96. The van der Waals surface area contributed by atoms with Crippen molar-refractivity contribution in [1.29, 1.82) is 0 Å². The third-order valence-electron chi connectivity index (χ3n) is 2.89. The van der Waals surface area contributed by atoms with E-state index in [4.69, 9.17) is 11.6 Å². The van der Waals surface area contributed by atoms with Gasteiger partial charge >= 0.3 is 0 Å². The molecule has 3 nitrogen and oxygen atoms in total. The maximum atomic E-state index is 5.72. The first-order valence-electron chi connectivity index (χ1n) is 5.83. The van der Waals surface area contributed by atoms with Gasteiger partial charge < -0.3 is 4.98 Å². The lowest BCUT2D eigenvalue weighted by molar-refractivity contribution is 0.948. The fourth-order valence-electron chi connectivity index (χ4n) is 2.04. The second-order valence-electron chi connectivity index (χ2n) is 4.05. The SMILES string of the molecule is ClCCc1nccc(-c2c[nH]c3ccccc23)n1. The number of nitrogens with one attached hydrogen (secondary N) is 1. The lowest BCUT2D eigenvalue weighted by Gasteiger charge is -2.01. The van der Waals surface area contributed by atoms with Gasteiger partial charge in [0.15, 0.2) is 0 Å². The second kappa shape index (κ2) is 4.78. The monoisotopic (exact) mass is 257 g/mol. The summed E-state index contributed by atoms with van der Waals surface area (Å²) in [7, 11) is 0. The molecule has 4 heteroatoms. The van der Waals surface area contributed by atoms with Crippen LogP contribution in [-0.2, 0) is 6.42 Å². The molecule has 0 atom stereocenters. The highest BCUT2D eigenvalue weighted by molar-refractivity contribution is 6.17. The summed E-state index contributed by atoms with van der Waals surface area (Å²) < 4.78 is 0. The summed E-state index contributed by atoms with van der Waals surface area (Å²) in [6.07, 6.45) is 4.46. The largest absolute Gasteiger partial charge is 0.360 e. The molecule has 2 aromatic heterocycles. The van der Waals surface area contributed by atoms with Crippen molar-refractivity contribution in [2.75, 3.05) is 5.88 Å². The van der Waals surface area contributed by atoms with Gasteiger partial charge in [0, 0.05) is 41.2 Å². The number of nitrogens with zero attached hydrogens (tertiary/aromatic N) is 2. The van der Waals surface area contributed by atoms with E-state index in [2.05, 4.69) is 27.1 Å². The van der Waals surface area contributed by atoms with Gasteiger partial charge in [-0.05, 0) is 12.1 Å². The molecule has 0 saturated carbocycles. The number of aromatic amines is 1. The smallest absolute Gasteiger partial charge is 0.130 e. The normalized spacial score (nSPS) is 10.9. The van der Waals surface area contributed by atoms with E-state index in [0.29, 0.717) is 12.3 Å². The van der Waals surface area contributed by atoms with Crippen LogP contribution in [0, 0.1) is 0 Å². The first-order chi connectivity index (χ1) is 8.88. The zero-order valence-electron chi connectivity index (χ0n) is 9.73. The fraction of sp³-hybridized carbons (Fsp3) is 0.143. The summed E-state index contributed by atoms with van der Waals surface area (Å²) >= 11 is 5.72. The Bertz CT molecular complexity index is 675. The minimum atomic E-state index is 0.539. The molecule has 2 heterocycles. The molecule has 0 amide bonds. The van der Waals surface area contributed by atoms with E-state index in [9.17, 15) is 0 Å². The zero-order valence-corrected chi connectivity index (χ0v) is 10.5. The number of alkyl halides is 1. The van der Waals surface area contributed by atoms with Crippen LogP contribution in [-0.4, -0.2) is 20.8 Å². The molecule has 90 valence electrons. The predicted molar refractivity (Wildman–Crippen MR) is 73.7 cm³/mol. The number of benzene rings is 1. The van der Waals surface area contributed by atoms with Crippen LogP contribution in [0.3, 0.4) is 0 Å². The molecule has 3 rings (SSSR count). The van der Waals surface area contributed by atoms with E-state index < -0.39 is 0 Å². The number of halogens is 1. The Hall–Kier alpha value is -1.87. The predicted octanol–water partition coefficient (Wildman–Crippen LogP) is 3.41. The summed E-state index contributed by atoms with van der Waals surface area (Å²) in [5, 5.41) is 1.17. The van der Waals surface area contributed by atoms with E-state index in [1.54, 1.807) is 6.20 Å². The number of H-pyrrole nitrogens is 1. The van der Waals surface area contributed by atoms with Gasteiger partial charge in [-0.25, -0.2) is 9.97 Å². The van der Waals surface area contributed by atoms with Crippen LogP contribution < -0.4 is 0 Å². The van der Waals surface area contributed by atoms with Crippen LogP contribution in [0.1, 0.15) is 5.82 Å². The van der Waals surface area contributed by atoms with Crippen LogP contribution in [0.5, 0.6) is 0 Å². The minimum Gasteiger partial charge on any atom is -0.360 e. The van der Waals surface area contributed by atoms with Crippen LogP contribution in [0.2, 0.25) is 0 Å². The second-order valence-corrected chi connectivity index (χ2v) is 4.42. The molecule has 0 saturated heterocycles. The van der Waals surface area contributed by atoms with Gasteiger partial charge in [-0.2, -0.15) is 0 Å². The van der Waals surface area contributed by atoms with Crippen LogP contribution in [0.25, 0.3) is 22.2 Å². The van der Waals surface area contributed by atoms with Crippen molar-refractivity contribution in [3.63, 3.8) is 0 Å².